The second kappa shape index (κ2) is 4.52. The summed E-state index contributed by atoms with van der Waals surface area (Å²) in [7, 11) is 0. The third-order valence-corrected chi connectivity index (χ3v) is 4.62. The lowest BCUT2D eigenvalue weighted by Gasteiger charge is -2.24. The average Bonchev–Trinajstić information content (AvgIpc) is 2.69. The van der Waals surface area contributed by atoms with Gasteiger partial charge in [-0.3, -0.25) is 0 Å². The summed E-state index contributed by atoms with van der Waals surface area (Å²) in [5.41, 5.74) is -0.0386. The van der Waals surface area contributed by atoms with Gasteiger partial charge in [0, 0.05) is 10.4 Å². The van der Waals surface area contributed by atoms with E-state index in [-0.39, 0.29) is 5.56 Å². The molecule has 0 spiro atoms. The molecule has 0 amide bonds. The van der Waals surface area contributed by atoms with Crippen LogP contribution in [0.3, 0.4) is 0 Å². The lowest BCUT2D eigenvalue weighted by atomic mass is 9.92. The van der Waals surface area contributed by atoms with Crippen molar-refractivity contribution < 1.29 is 9.50 Å². The molecule has 0 saturated heterocycles. The van der Waals surface area contributed by atoms with Gasteiger partial charge in [-0.25, -0.2) is 4.39 Å². The van der Waals surface area contributed by atoms with Crippen molar-refractivity contribution in [1.82, 2.24) is 0 Å². The summed E-state index contributed by atoms with van der Waals surface area (Å²) in [5, 5.41) is 12.5. The van der Waals surface area contributed by atoms with Gasteiger partial charge in [0.1, 0.15) is 11.4 Å². The monoisotopic (exact) mass is 314 g/mol. The van der Waals surface area contributed by atoms with Crippen LogP contribution in [-0.4, -0.2) is 5.11 Å². The van der Waals surface area contributed by atoms with E-state index in [4.69, 9.17) is 0 Å². The van der Waals surface area contributed by atoms with Crippen molar-refractivity contribution >= 4 is 27.3 Å². The minimum Gasteiger partial charge on any atom is -0.380 e. The first-order chi connectivity index (χ1) is 7.94. The topological polar surface area (TPSA) is 20.2 Å². The minimum absolute atomic E-state index is 0.289. The third-order valence-electron chi connectivity index (χ3n) is 2.78. The Bertz CT molecular complexity index is 548. The molecule has 2 aromatic rings. The first kappa shape index (κ1) is 12.7. The van der Waals surface area contributed by atoms with Crippen molar-refractivity contribution in [3.8, 4) is 0 Å². The van der Waals surface area contributed by atoms with Crippen molar-refractivity contribution in [2.45, 2.75) is 19.4 Å². The Balaban J connectivity index is 2.60. The molecule has 0 bridgehead atoms. The highest BCUT2D eigenvalue weighted by atomic mass is 79.9. The molecule has 0 fully saturated rings. The molecule has 0 radical (unpaired) electrons. The normalized spacial score (nSPS) is 14.6. The lowest BCUT2D eigenvalue weighted by molar-refractivity contribution is 0.101. The van der Waals surface area contributed by atoms with E-state index in [0.717, 1.165) is 10.4 Å². The first-order valence-corrected chi connectivity index (χ1v) is 6.83. The zero-order chi connectivity index (χ0) is 12.6. The van der Waals surface area contributed by atoms with Gasteiger partial charge in [0.05, 0.1) is 4.47 Å². The molecule has 1 heterocycles. The number of benzene rings is 1. The van der Waals surface area contributed by atoms with Crippen molar-refractivity contribution in [3.05, 3.63) is 55.9 Å². The molecule has 0 aliphatic rings. The van der Waals surface area contributed by atoms with Crippen LogP contribution in [0.25, 0.3) is 0 Å². The predicted octanol–water partition coefficient (Wildman–Crippen LogP) is 4.21. The predicted molar refractivity (Wildman–Crippen MR) is 71.8 cm³/mol. The largest absolute Gasteiger partial charge is 0.380 e. The van der Waals surface area contributed by atoms with Crippen LogP contribution in [0, 0.1) is 12.7 Å². The Labute approximate surface area is 112 Å². The van der Waals surface area contributed by atoms with E-state index in [2.05, 4.69) is 15.9 Å². The Morgan fingerprint density at radius 1 is 1.35 bits per heavy atom. The van der Waals surface area contributed by atoms with E-state index in [1.54, 1.807) is 25.1 Å². The zero-order valence-electron chi connectivity index (χ0n) is 9.50. The molecule has 0 aliphatic carbocycles. The average molecular weight is 315 g/mol. The number of thiophene rings is 1. The van der Waals surface area contributed by atoms with Crippen LogP contribution in [0.1, 0.15) is 22.9 Å². The second-order valence-corrected chi connectivity index (χ2v) is 5.88. The SMILES string of the molecule is Cc1ccsc1C(C)(O)c1cccc(Br)c1F. The number of halogens is 2. The van der Waals surface area contributed by atoms with Gasteiger partial charge in [-0.05, 0) is 52.9 Å². The Morgan fingerprint density at radius 2 is 2.06 bits per heavy atom. The van der Waals surface area contributed by atoms with Crippen molar-refractivity contribution in [2.75, 3.05) is 0 Å². The van der Waals surface area contributed by atoms with Crippen LogP contribution >= 0.6 is 27.3 Å². The van der Waals surface area contributed by atoms with Gasteiger partial charge < -0.3 is 5.11 Å². The highest BCUT2D eigenvalue weighted by molar-refractivity contribution is 9.10. The molecule has 2 rings (SSSR count). The molecule has 90 valence electrons. The van der Waals surface area contributed by atoms with Gasteiger partial charge in [0.2, 0.25) is 0 Å². The fourth-order valence-corrected chi connectivity index (χ4v) is 3.24. The number of hydrogen-bond donors (Lipinski definition) is 1. The summed E-state index contributed by atoms with van der Waals surface area (Å²) < 4.78 is 14.4. The quantitative estimate of drug-likeness (QED) is 0.880. The number of aryl methyl sites for hydroxylation is 1. The standard InChI is InChI=1S/C13H12BrFOS/c1-8-6-7-17-12(8)13(2,16)9-4-3-5-10(14)11(9)15/h3-7,16H,1-2H3. The summed E-state index contributed by atoms with van der Waals surface area (Å²) in [6.45, 7) is 3.53. The molecular weight excluding hydrogens is 303 g/mol. The Kier molecular flexibility index (Phi) is 3.39. The molecule has 0 aliphatic heterocycles. The maximum absolute atomic E-state index is 14.0. The third kappa shape index (κ3) is 2.17. The number of aliphatic hydroxyl groups is 1. The highest BCUT2D eigenvalue weighted by Crippen LogP contribution is 2.37. The van der Waals surface area contributed by atoms with Gasteiger partial charge in [-0.15, -0.1) is 11.3 Å². The summed E-state index contributed by atoms with van der Waals surface area (Å²) >= 11 is 4.57. The van der Waals surface area contributed by atoms with E-state index < -0.39 is 11.4 Å². The number of rotatable bonds is 2. The Hall–Kier alpha value is -0.710. The summed E-state index contributed by atoms with van der Waals surface area (Å²) in [6, 6.07) is 6.87. The molecule has 1 atom stereocenters. The van der Waals surface area contributed by atoms with Crippen molar-refractivity contribution in [3.63, 3.8) is 0 Å². The van der Waals surface area contributed by atoms with Gasteiger partial charge >= 0.3 is 0 Å². The Morgan fingerprint density at radius 3 is 2.65 bits per heavy atom. The lowest BCUT2D eigenvalue weighted by Crippen LogP contribution is -2.24. The summed E-state index contributed by atoms with van der Waals surface area (Å²) in [5.74, 6) is -0.412. The molecule has 1 nitrogen and oxygen atoms in total. The molecule has 0 saturated carbocycles. The van der Waals surface area contributed by atoms with E-state index in [1.165, 1.54) is 11.3 Å². The molecular formula is C13H12BrFOS. The highest BCUT2D eigenvalue weighted by Gasteiger charge is 2.31. The maximum atomic E-state index is 14.0. The van der Waals surface area contributed by atoms with Gasteiger partial charge in [-0.2, -0.15) is 0 Å². The van der Waals surface area contributed by atoms with Crippen molar-refractivity contribution in [1.29, 1.82) is 0 Å². The van der Waals surface area contributed by atoms with Crippen LogP contribution in [-0.2, 0) is 5.60 Å². The van der Waals surface area contributed by atoms with Crippen LogP contribution in [0.2, 0.25) is 0 Å². The second-order valence-electron chi connectivity index (χ2n) is 4.11. The smallest absolute Gasteiger partial charge is 0.143 e. The van der Waals surface area contributed by atoms with E-state index in [9.17, 15) is 9.50 Å². The van der Waals surface area contributed by atoms with Crippen LogP contribution in [0.4, 0.5) is 4.39 Å². The summed E-state index contributed by atoms with van der Waals surface area (Å²) in [6.07, 6.45) is 0. The number of hydrogen-bond acceptors (Lipinski definition) is 2. The van der Waals surface area contributed by atoms with E-state index >= 15 is 0 Å². The fourth-order valence-electron chi connectivity index (χ4n) is 1.87. The molecule has 1 N–H and O–H groups in total. The van der Waals surface area contributed by atoms with Crippen molar-refractivity contribution in [2.24, 2.45) is 0 Å². The van der Waals surface area contributed by atoms with Gasteiger partial charge in [0.25, 0.3) is 0 Å². The fraction of sp³-hybridized carbons (Fsp3) is 0.231. The maximum Gasteiger partial charge on any atom is 0.143 e. The minimum atomic E-state index is -1.30. The zero-order valence-corrected chi connectivity index (χ0v) is 11.9. The molecule has 1 aromatic heterocycles. The van der Waals surface area contributed by atoms with E-state index in [0.29, 0.717) is 4.47 Å². The summed E-state index contributed by atoms with van der Waals surface area (Å²) in [4.78, 5) is 0.773. The molecule has 1 unspecified atom stereocenters. The van der Waals surface area contributed by atoms with Crippen LogP contribution < -0.4 is 0 Å². The van der Waals surface area contributed by atoms with Gasteiger partial charge in [0.15, 0.2) is 0 Å². The van der Waals surface area contributed by atoms with Crippen LogP contribution in [0.5, 0.6) is 0 Å². The van der Waals surface area contributed by atoms with Crippen LogP contribution in [0.15, 0.2) is 34.1 Å². The molecule has 1 aromatic carbocycles. The first-order valence-electron chi connectivity index (χ1n) is 5.16. The van der Waals surface area contributed by atoms with E-state index in [1.807, 2.05) is 18.4 Å². The molecule has 17 heavy (non-hydrogen) atoms. The molecule has 4 heteroatoms. The van der Waals surface area contributed by atoms with Gasteiger partial charge in [-0.1, -0.05) is 12.1 Å².